The van der Waals surface area contributed by atoms with E-state index >= 15 is 0 Å². The first-order valence-corrected chi connectivity index (χ1v) is 7.65. The van der Waals surface area contributed by atoms with Crippen molar-refractivity contribution in [2.75, 3.05) is 23.0 Å². The average molecular weight is 269 g/mol. The molecule has 0 aliphatic carbocycles. The predicted molar refractivity (Wildman–Crippen MR) is 77.2 cm³/mol. The summed E-state index contributed by atoms with van der Waals surface area (Å²) in [5, 5.41) is 3.42. The third kappa shape index (κ3) is 3.65. The Balaban J connectivity index is 1.97. The van der Waals surface area contributed by atoms with E-state index in [-0.39, 0.29) is 5.54 Å². The second-order valence-corrected chi connectivity index (χ2v) is 6.99. The second-order valence-electron chi connectivity index (χ2n) is 5.84. The van der Waals surface area contributed by atoms with Crippen LogP contribution in [0.25, 0.3) is 0 Å². The molecule has 1 aliphatic heterocycles. The van der Waals surface area contributed by atoms with Gasteiger partial charge in [0.25, 0.3) is 6.01 Å². The number of oxazole rings is 1. The molecule has 1 aliphatic rings. The Morgan fingerprint density at radius 2 is 2.33 bits per heavy atom. The zero-order chi connectivity index (χ0) is 13.2. The zero-order valence-corrected chi connectivity index (χ0v) is 12.5. The van der Waals surface area contributed by atoms with E-state index in [2.05, 4.69) is 42.9 Å². The van der Waals surface area contributed by atoms with Crippen LogP contribution >= 0.6 is 11.8 Å². The molecule has 1 atom stereocenters. The molecular formula is C13H23N3OS. The van der Waals surface area contributed by atoms with Crippen LogP contribution in [0.4, 0.5) is 6.01 Å². The molecule has 0 aromatic carbocycles. The highest BCUT2D eigenvalue weighted by molar-refractivity contribution is 7.99. The van der Waals surface area contributed by atoms with Crippen molar-refractivity contribution in [2.45, 2.75) is 45.8 Å². The summed E-state index contributed by atoms with van der Waals surface area (Å²) in [4.78, 5) is 6.84. The molecular weight excluding hydrogens is 246 g/mol. The van der Waals surface area contributed by atoms with Gasteiger partial charge < -0.3 is 14.6 Å². The van der Waals surface area contributed by atoms with Crippen LogP contribution in [0.5, 0.6) is 0 Å². The van der Waals surface area contributed by atoms with Crippen LogP contribution in [0.3, 0.4) is 0 Å². The first-order valence-electron chi connectivity index (χ1n) is 6.49. The molecule has 0 saturated carbocycles. The lowest BCUT2D eigenvalue weighted by Crippen LogP contribution is -2.40. The summed E-state index contributed by atoms with van der Waals surface area (Å²) >= 11 is 2.00. The fraction of sp³-hybridized carbons (Fsp3) is 0.769. The minimum absolute atomic E-state index is 0.105. The van der Waals surface area contributed by atoms with E-state index in [1.807, 2.05) is 11.8 Å². The van der Waals surface area contributed by atoms with Crippen LogP contribution in [-0.4, -0.2) is 34.6 Å². The Hall–Kier alpha value is -0.680. The van der Waals surface area contributed by atoms with E-state index in [0.29, 0.717) is 6.04 Å². The summed E-state index contributed by atoms with van der Waals surface area (Å²) in [7, 11) is 0. The third-order valence-corrected chi connectivity index (χ3v) is 4.14. The number of anilines is 1. The fourth-order valence-corrected chi connectivity index (χ4v) is 2.89. The van der Waals surface area contributed by atoms with E-state index in [0.717, 1.165) is 36.3 Å². The smallest absolute Gasteiger partial charge is 0.297 e. The van der Waals surface area contributed by atoms with E-state index in [9.17, 15) is 0 Å². The van der Waals surface area contributed by atoms with E-state index < -0.39 is 0 Å². The highest BCUT2D eigenvalue weighted by Crippen LogP contribution is 2.23. The fourth-order valence-electron chi connectivity index (χ4n) is 1.88. The van der Waals surface area contributed by atoms with E-state index in [4.69, 9.17) is 4.42 Å². The van der Waals surface area contributed by atoms with Gasteiger partial charge in [0.05, 0.1) is 5.69 Å². The SMILES string of the molecule is CC1CSCCN1c1nc(CNC(C)(C)C)co1. The van der Waals surface area contributed by atoms with Gasteiger partial charge in [-0.25, -0.2) is 0 Å². The average Bonchev–Trinajstić information content (AvgIpc) is 2.75. The van der Waals surface area contributed by atoms with Crippen LogP contribution in [-0.2, 0) is 6.54 Å². The number of hydrogen-bond acceptors (Lipinski definition) is 5. The Bertz CT molecular complexity index is 386. The molecule has 1 aromatic rings. The molecule has 2 rings (SSSR count). The molecule has 0 spiro atoms. The Kier molecular flexibility index (Phi) is 4.22. The summed E-state index contributed by atoms with van der Waals surface area (Å²) < 4.78 is 5.61. The van der Waals surface area contributed by atoms with Crippen LogP contribution in [0.1, 0.15) is 33.4 Å². The van der Waals surface area contributed by atoms with Gasteiger partial charge in [0.2, 0.25) is 0 Å². The monoisotopic (exact) mass is 269 g/mol. The predicted octanol–water partition coefficient (Wildman–Crippen LogP) is 2.50. The molecule has 1 N–H and O–H groups in total. The maximum absolute atomic E-state index is 5.61. The third-order valence-electron chi connectivity index (χ3n) is 2.95. The van der Waals surface area contributed by atoms with Gasteiger partial charge in [0.15, 0.2) is 0 Å². The molecule has 5 heteroatoms. The summed E-state index contributed by atoms with van der Waals surface area (Å²) in [5.74, 6) is 2.31. The molecule has 1 aromatic heterocycles. The first-order chi connectivity index (χ1) is 8.46. The molecule has 0 amide bonds. The summed E-state index contributed by atoms with van der Waals surface area (Å²) in [6, 6.07) is 1.28. The van der Waals surface area contributed by atoms with Crippen molar-refractivity contribution >= 4 is 17.8 Å². The van der Waals surface area contributed by atoms with Crippen molar-refractivity contribution in [3.63, 3.8) is 0 Å². The van der Waals surface area contributed by atoms with Crippen LogP contribution < -0.4 is 10.2 Å². The summed E-state index contributed by atoms with van der Waals surface area (Å²) in [6.07, 6.45) is 1.77. The number of hydrogen-bond donors (Lipinski definition) is 1. The van der Waals surface area contributed by atoms with Crippen molar-refractivity contribution in [1.29, 1.82) is 0 Å². The van der Waals surface area contributed by atoms with Crippen molar-refractivity contribution in [3.8, 4) is 0 Å². The van der Waals surface area contributed by atoms with Crippen molar-refractivity contribution < 1.29 is 4.42 Å². The lowest BCUT2D eigenvalue weighted by molar-refractivity contribution is 0.421. The Labute approximate surface area is 114 Å². The first kappa shape index (κ1) is 13.7. The van der Waals surface area contributed by atoms with Gasteiger partial charge in [-0.15, -0.1) is 0 Å². The molecule has 1 saturated heterocycles. The van der Waals surface area contributed by atoms with Gasteiger partial charge in [-0.05, 0) is 27.7 Å². The van der Waals surface area contributed by atoms with Gasteiger partial charge in [-0.1, -0.05) is 0 Å². The van der Waals surface area contributed by atoms with Crippen LogP contribution in [0, 0.1) is 0 Å². The molecule has 0 bridgehead atoms. The number of nitrogens with one attached hydrogen (secondary N) is 1. The van der Waals surface area contributed by atoms with Crippen molar-refractivity contribution in [3.05, 3.63) is 12.0 Å². The standard InChI is InChI=1S/C13H23N3OS/c1-10-9-18-6-5-16(10)12-15-11(8-17-12)7-14-13(2,3)4/h8,10,14H,5-7,9H2,1-4H3. The largest absolute Gasteiger partial charge is 0.432 e. The molecule has 18 heavy (non-hydrogen) atoms. The van der Waals surface area contributed by atoms with Gasteiger partial charge in [-0.3, -0.25) is 0 Å². The maximum atomic E-state index is 5.61. The molecule has 4 nitrogen and oxygen atoms in total. The van der Waals surface area contributed by atoms with Gasteiger partial charge in [0, 0.05) is 36.2 Å². The summed E-state index contributed by atoms with van der Waals surface area (Å²) in [5.41, 5.74) is 1.08. The quantitative estimate of drug-likeness (QED) is 0.913. The topological polar surface area (TPSA) is 41.3 Å². The van der Waals surface area contributed by atoms with Crippen molar-refractivity contribution in [2.24, 2.45) is 0 Å². The van der Waals surface area contributed by atoms with Crippen molar-refractivity contribution in [1.82, 2.24) is 10.3 Å². The number of aromatic nitrogens is 1. The zero-order valence-electron chi connectivity index (χ0n) is 11.7. The van der Waals surface area contributed by atoms with Crippen LogP contribution in [0.2, 0.25) is 0 Å². The lowest BCUT2D eigenvalue weighted by atomic mass is 10.1. The Morgan fingerprint density at radius 1 is 1.56 bits per heavy atom. The number of rotatable bonds is 3. The molecule has 0 radical (unpaired) electrons. The highest BCUT2D eigenvalue weighted by Gasteiger charge is 2.23. The number of nitrogens with zero attached hydrogens (tertiary/aromatic N) is 2. The Morgan fingerprint density at radius 3 is 3.00 bits per heavy atom. The molecule has 2 heterocycles. The maximum Gasteiger partial charge on any atom is 0.297 e. The molecule has 1 fully saturated rings. The molecule has 1 unspecified atom stereocenters. The van der Waals surface area contributed by atoms with E-state index in [1.54, 1.807) is 6.26 Å². The number of thioether (sulfide) groups is 1. The summed E-state index contributed by atoms with van der Waals surface area (Å²) in [6.45, 7) is 10.5. The minimum atomic E-state index is 0.105. The van der Waals surface area contributed by atoms with Gasteiger partial charge in [0.1, 0.15) is 6.26 Å². The highest BCUT2D eigenvalue weighted by atomic mass is 32.2. The second kappa shape index (κ2) is 5.53. The normalized spacial score (nSPS) is 21.3. The van der Waals surface area contributed by atoms with Gasteiger partial charge in [-0.2, -0.15) is 16.7 Å². The van der Waals surface area contributed by atoms with Crippen LogP contribution in [0.15, 0.2) is 10.7 Å². The lowest BCUT2D eigenvalue weighted by Gasteiger charge is -2.31. The molecule has 102 valence electrons. The minimum Gasteiger partial charge on any atom is -0.432 e. The van der Waals surface area contributed by atoms with E-state index in [1.165, 1.54) is 0 Å². The van der Waals surface area contributed by atoms with Gasteiger partial charge >= 0.3 is 0 Å².